The van der Waals surface area contributed by atoms with E-state index in [1.54, 1.807) is 27.4 Å². The molecule has 2 rings (SSSR count). The van der Waals surface area contributed by atoms with Gasteiger partial charge in [-0.1, -0.05) is 59.5 Å². The molecule has 24 heavy (non-hydrogen) atoms. The summed E-state index contributed by atoms with van der Waals surface area (Å²) >= 11 is 6.13. The van der Waals surface area contributed by atoms with Crippen molar-refractivity contribution < 1.29 is 14.9 Å². The van der Waals surface area contributed by atoms with E-state index in [1.165, 1.54) is 0 Å². The van der Waals surface area contributed by atoms with Crippen molar-refractivity contribution in [3.05, 3.63) is 64.7 Å². The van der Waals surface area contributed by atoms with Gasteiger partial charge in [-0.3, -0.25) is 0 Å². The van der Waals surface area contributed by atoms with Crippen molar-refractivity contribution in [3.8, 4) is 0 Å². The quantitative estimate of drug-likeness (QED) is 0.790. The molecule has 1 radical (unpaired) electrons. The first-order valence-corrected chi connectivity index (χ1v) is 8.25. The van der Waals surface area contributed by atoms with E-state index in [1.807, 2.05) is 56.3 Å². The van der Waals surface area contributed by atoms with Crippen molar-refractivity contribution in [1.29, 1.82) is 0 Å². The van der Waals surface area contributed by atoms with Crippen LogP contribution in [0.15, 0.2) is 48.5 Å². The van der Waals surface area contributed by atoms with E-state index < -0.39 is 17.3 Å². The summed E-state index contributed by atoms with van der Waals surface area (Å²) < 4.78 is 5.73. The molecule has 2 aromatic rings. The van der Waals surface area contributed by atoms with Gasteiger partial charge in [0.1, 0.15) is 6.10 Å². The summed E-state index contributed by atoms with van der Waals surface area (Å²) in [4.78, 5) is 0. The largest absolute Gasteiger partial charge is 0.427 e. The van der Waals surface area contributed by atoms with E-state index in [0.717, 1.165) is 11.0 Å². The van der Waals surface area contributed by atoms with Crippen molar-refractivity contribution in [2.75, 3.05) is 0 Å². The fourth-order valence-corrected chi connectivity index (χ4v) is 2.23. The molecule has 0 bridgehead atoms. The number of halogens is 1. The molecule has 0 heterocycles. The first-order valence-electron chi connectivity index (χ1n) is 7.88. The van der Waals surface area contributed by atoms with Crippen LogP contribution in [0.4, 0.5) is 0 Å². The molecule has 0 saturated carbocycles. The molecule has 0 amide bonds. The fourth-order valence-electron chi connectivity index (χ4n) is 1.99. The van der Waals surface area contributed by atoms with E-state index in [0.29, 0.717) is 10.6 Å². The van der Waals surface area contributed by atoms with Crippen LogP contribution in [0.25, 0.3) is 0 Å². The molecule has 0 aliphatic carbocycles. The Morgan fingerprint density at radius 3 is 2.12 bits per heavy atom. The van der Waals surface area contributed by atoms with Crippen LogP contribution in [0.3, 0.4) is 0 Å². The second-order valence-electron chi connectivity index (χ2n) is 6.90. The maximum atomic E-state index is 10.5. The van der Waals surface area contributed by atoms with Crippen LogP contribution in [0, 0.1) is 0 Å². The highest BCUT2D eigenvalue weighted by Crippen LogP contribution is 2.28. The van der Waals surface area contributed by atoms with Gasteiger partial charge in [0, 0.05) is 10.6 Å². The molecule has 5 heteroatoms. The van der Waals surface area contributed by atoms with Gasteiger partial charge in [0.2, 0.25) is 0 Å². The fraction of sp³-hybridized carbons (Fsp3) is 0.368. The number of hydrogen-bond acceptors (Lipinski definition) is 3. The molecule has 2 N–H and O–H groups in total. The highest BCUT2D eigenvalue weighted by atomic mass is 35.5. The highest BCUT2D eigenvalue weighted by Gasteiger charge is 2.35. The van der Waals surface area contributed by atoms with Gasteiger partial charge in [-0.05, 0) is 39.3 Å². The number of aliphatic hydroxyl groups is 2. The zero-order valence-corrected chi connectivity index (χ0v) is 15.2. The lowest BCUT2D eigenvalue weighted by atomic mass is 9.82. The number of aliphatic hydroxyl groups excluding tert-OH is 1. The first-order chi connectivity index (χ1) is 11.1. The van der Waals surface area contributed by atoms with Gasteiger partial charge in [-0.15, -0.1) is 0 Å². The topological polar surface area (TPSA) is 49.7 Å². The minimum atomic E-state index is -0.969. The lowest BCUT2D eigenvalue weighted by molar-refractivity contribution is -0.0893. The summed E-state index contributed by atoms with van der Waals surface area (Å²) in [6.07, 6.45) is -0.776. The SMILES string of the molecule is CC(C)(O)C(C)(C)O[B]c1ccc(C(O)c2ccccc2Cl)cc1. The zero-order valence-electron chi connectivity index (χ0n) is 14.5. The van der Waals surface area contributed by atoms with Crippen LogP contribution < -0.4 is 5.46 Å². The maximum Gasteiger partial charge on any atom is 0.330 e. The normalized spacial score (nSPS) is 13.6. The Morgan fingerprint density at radius 1 is 1.00 bits per heavy atom. The van der Waals surface area contributed by atoms with Gasteiger partial charge >= 0.3 is 7.48 Å². The summed E-state index contributed by atoms with van der Waals surface area (Å²) in [5.41, 5.74) is 0.589. The molecule has 1 unspecified atom stereocenters. The summed E-state index contributed by atoms with van der Waals surface area (Å²) in [5, 5.41) is 21.1. The van der Waals surface area contributed by atoms with Crippen LogP contribution in [0.2, 0.25) is 5.02 Å². The monoisotopic (exact) mass is 345 g/mol. The van der Waals surface area contributed by atoms with E-state index >= 15 is 0 Å². The molecule has 1 atom stereocenters. The van der Waals surface area contributed by atoms with Crippen LogP contribution in [-0.2, 0) is 4.65 Å². The summed E-state index contributed by atoms with van der Waals surface area (Å²) in [6.45, 7) is 7.09. The Labute approximate surface area is 149 Å². The average molecular weight is 346 g/mol. The summed E-state index contributed by atoms with van der Waals surface area (Å²) in [7, 11) is 1.61. The molecule has 2 aromatic carbocycles. The van der Waals surface area contributed by atoms with Crippen molar-refractivity contribution in [2.45, 2.75) is 45.0 Å². The summed E-state index contributed by atoms with van der Waals surface area (Å²) in [5.74, 6) is 0. The van der Waals surface area contributed by atoms with Crippen molar-refractivity contribution in [2.24, 2.45) is 0 Å². The molecule has 0 saturated heterocycles. The van der Waals surface area contributed by atoms with Crippen LogP contribution >= 0.6 is 11.6 Å². The van der Waals surface area contributed by atoms with Crippen molar-refractivity contribution >= 4 is 24.5 Å². The Morgan fingerprint density at radius 2 is 1.58 bits per heavy atom. The molecule has 0 aliphatic rings. The number of rotatable bonds is 6. The summed E-state index contributed by atoms with van der Waals surface area (Å²) in [6, 6.07) is 14.6. The average Bonchev–Trinajstić information content (AvgIpc) is 2.52. The maximum absolute atomic E-state index is 10.5. The van der Waals surface area contributed by atoms with Crippen molar-refractivity contribution in [1.82, 2.24) is 0 Å². The van der Waals surface area contributed by atoms with Crippen molar-refractivity contribution in [3.63, 3.8) is 0 Å². The van der Waals surface area contributed by atoms with Gasteiger partial charge < -0.3 is 14.9 Å². The minimum Gasteiger partial charge on any atom is -0.427 e. The molecule has 0 spiro atoms. The van der Waals surface area contributed by atoms with E-state index in [2.05, 4.69) is 0 Å². The third-order valence-corrected chi connectivity index (χ3v) is 4.76. The number of benzene rings is 2. The zero-order chi connectivity index (χ0) is 18.0. The predicted molar refractivity (Wildman–Crippen MR) is 98.8 cm³/mol. The van der Waals surface area contributed by atoms with E-state index in [-0.39, 0.29) is 0 Å². The van der Waals surface area contributed by atoms with Gasteiger partial charge in [0.25, 0.3) is 0 Å². The highest BCUT2D eigenvalue weighted by molar-refractivity contribution is 6.47. The van der Waals surface area contributed by atoms with Crippen LogP contribution in [-0.4, -0.2) is 28.9 Å². The molecular weight excluding hydrogens is 322 g/mol. The predicted octanol–water partition coefficient (Wildman–Crippen LogP) is 3.23. The smallest absolute Gasteiger partial charge is 0.330 e. The van der Waals surface area contributed by atoms with E-state index in [9.17, 15) is 10.2 Å². The Balaban J connectivity index is 2.07. The Hall–Kier alpha value is -1.33. The van der Waals surface area contributed by atoms with E-state index in [4.69, 9.17) is 16.3 Å². The van der Waals surface area contributed by atoms with Crippen LogP contribution in [0.1, 0.15) is 44.9 Å². The third kappa shape index (κ3) is 4.39. The first kappa shape index (κ1) is 19.0. The van der Waals surface area contributed by atoms with Gasteiger partial charge in [-0.2, -0.15) is 0 Å². The Kier molecular flexibility index (Phi) is 5.76. The van der Waals surface area contributed by atoms with Gasteiger partial charge in [0.05, 0.1) is 11.2 Å². The molecule has 0 fully saturated rings. The minimum absolute atomic E-state index is 0.538. The standard InChI is InChI=1S/C19H23BClO3/c1-18(2,23)19(3,4)24-20-14-11-9-13(10-12-14)17(22)15-7-5-6-8-16(15)21/h5-12,17,22-23H,1-4H3. The molecule has 0 aromatic heterocycles. The molecule has 0 aliphatic heterocycles. The molecule has 3 nitrogen and oxygen atoms in total. The van der Waals surface area contributed by atoms with Crippen LogP contribution in [0.5, 0.6) is 0 Å². The third-order valence-electron chi connectivity index (χ3n) is 4.42. The second-order valence-corrected chi connectivity index (χ2v) is 7.30. The molecule has 127 valence electrons. The second kappa shape index (κ2) is 7.28. The lowest BCUT2D eigenvalue weighted by Gasteiger charge is -2.37. The number of hydrogen-bond donors (Lipinski definition) is 2. The molecular formula is C19H23BClO3. The van der Waals surface area contributed by atoms with Gasteiger partial charge in [-0.25, -0.2) is 0 Å². The lowest BCUT2D eigenvalue weighted by Crippen LogP contribution is -2.49. The van der Waals surface area contributed by atoms with Gasteiger partial charge in [0.15, 0.2) is 0 Å². The Bertz CT molecular complexity index is 678.